The Morgan fingerprint density at radius 3 is 2.28 bits per heavy atom. The van der Waals surface area contributed by atoms with Crippen molar-refractivity contribution in [2.75, 3.05) is 0 Å². The normalized spacial score (nSPS) is 10.6. The van der Waals surface area contributed by atoms with Crippen LogP contribution in [-0.2, 0) is 12.8 Å². The molecule has 0 bridgehead atoms. The Balaban J connectivity index is 2.16. The SMILES string of the molecule is CCc1ccc(CC(=O)c2cc(Br)cc(Br)c2)s1. The van der Waals surface area contributed by atoms with E-state index in [1.165, 1.54) is 4.88 Å². The van der Waals surface area contributed by atoms with Crippen molar-refractivity contribution in [3.05, 3.63) is 54.6 Å². The summed E-state index contributed by atoms with van der Waals surface area (Å²) >= 11 is 8.52. The van der Waals surface area contributed by atoms with Crippen LogP contribution >= 0.6 is 43.2 Å². The van der Waals surface area contributed by atoms with Crippen molar-refractivity contribution in [1.82, 2.24) is 0 Å². The standard InChI is InChI=1S/C14H12Br2OS/c1-2-12-3-4-13(18-12)8-14(17)9-5-10(15)7-11(16)6-9/h3-7H,2,8H2,1H3. The fourth-order valence-corrected chi connectivity index (χ4v) is 3.93. The van der Waals surface area contributed by atoms with Crippen LogP contribution in [-0.4, -0.2) is 5.78 Å². The lowest BCUT2D eigenvalue weighted by atomic mass is 10.1. The van der Waals surface area contributed by atoms with Gasteiger partial charge in [0.15, 0.2) is 5.78 Å². The molecule has 0 amide bonds. The maximum atomic E-state index is 12.2. The molecule has 0 saturated carbocycles. The molecule has 1 nitrogen and oxygen atoms in total. The molecule has 0 atom stereocenters. The molecule has 94 valence electrons. The molecule has 0 radical (unpaired) electrons. The molecule has 0 unspecified atom stereocenters. The van der Waals surface area contributed by atoms with Gasteiger partial charge in [0.2, 0.25) is 0 Å². The number of aryl methyl sites for hydroxylation is 1. The smallest absolute Gasteiger partial charge is 0.168 e. The highest BCUT2D eigenvalue weighted by atomic mass is 79.9. The lowest BCUT2D eigenvalue weighted by Crippen LogP contribution is -2.02. The van der Waals surface area contributed by atoms with Crippen molar-refractivity contribution in [3.63, 3.8) is 0 Å². The molecular weight excluding hydrogens is 376 g/mol. The first-order valence-corrected chi connectivity index (χ1v) is 8.05. The van der Waals surface area contributed by atoms with Crippen molar-refractivity contribution >= 4 is 49.0 Å². The maximum Gasteiger partial charge on any atom is 0.168 e. The van der Waals surface area contributed by atoms with Gasteiger partial charge in [-0.1, -0.05) is 38.8 Å². The number of hydrogen-bond acceptors (Lipinski definition) is 2. The van der Waals surface area contributed by atoms with Crippen LogP contribution in [0.2, 0.25) is 0 Å². The van der Waals surface area contributed by atoms with Crippen molar-refractivity contribution in [2.24, 2.45) is 0 Å². The fourth-order valence-electron chi connectivity index (χ4n) is 1.68. The lowest BCUT2D eigenvalue weighted by molar-refractivity contribution is 0.0993. The van der Waals surface area contributed by atoms with Gasteiger partial charge in [-0.3, -0.25) is 4.79 Å². The van der Waals surface area contributed by atoms with E-state index < -0.39 is 0 Å². The van der Waals surface area contributed by atoms with Crippen LogP contribution in [0.3, 0.4) is 0 Å². The maximum absolute atomic E-state index is 12.2. The Morgan fingerprint density at radius 2 is 1.72 bits per heavy atom. The van der Waals surface area contributed by atoms with Gasteiger partial charge in [-0.25, -0.2) is 0 Å². The van der Waals surface area contributed by atoms with Crippen molar-refractivity contribution in [3.8, 4) is 0 Å². The summed E-state index contributed by atoms with van der Waals surface area (Å²) in [6, 6.07) is 9.80. The molecule has 1 aromatic carbocycles. The van der Waals surface area contributed by atoms with E-state index in [9.17, 15) is 4.79 Å². The van der Waals surface area contributed by atoms with Crippen LogP contribution in [0.5, 0.6) is 0 Å². The van der Waals surface area contributed by atoms with Crippen LogP contribution in [0.4, 0.5) is 0 Å². The van der Waals surface area contributed by atoms with Gasteiger partial charge in [0.1, 0.15) is 0 Å². The summed E-state index contributed by atoms with van der Waals surface area (Å²) in [4.78, 5) is 14.6. The number of halogens is 2. The Morgan fingerprint density at radius 1 is 1.11 bits per heavy atom. The average molecular weight is 388 g/mol. The zero-order valence-corrected chi connectivity index (χ0v) is 13.9. The summed E-state index contributed by atoms with van der Waals surface area (Å²) in [5.41, 5.74) is 0.739. The molecule has 0 N–H and O–H groups in total. The number of carbonyl (C=O) groups excluding carboxylic acids is 1. The summed E-state index contributed by atoms with van der Waals surface area (Å²) < 4.78 is 1.83. The molecule has 0 fully saturated rings. The van der Waals surface area contributed by atoms with E-state index in [4.69, 9.17) is 0 Å². The summed E-state index contributed by atoms with van der Waals surface area (Å²) in [5, 5.41) is 0. The number of hydrogen-bond donors (Lipinski definition) is 0. The van der Waals surface area contributed by atoms with Gasteiger partial charge in [0, 0.05) is 30.7 Å². The van der Waals surface area contributed by atoms with Gasteiger partial charge in [0.05, 0.1) is 0 Å². The summed E-state index contributed by atoms with van der Waals surface area (Å²) in [6.45, 7) is 2.13. The molecular formula is C14H12Br2OS. The van der Waals surface area contributed by atoms with Crippen molar-refractivity contribution < 1.29 is 4.79 Å². The van der Waals surface area contributed by atoms with Crippen LogP contribution in [0.25, 0.3) is 0 Å². The Hall–Kier alpha value is -0.450. The van der Waals surface area contributed by atoms with Crippen LogP contribution in [0.15, 0.2) is 39.3 Å². The second-order valence-electron chi connectivity index (χ2n) is 3.98. The first-order chi connectivity index (χ1) is 8.58. The minimum atomic E-state index is 0.154. The molecule has 0 aliphatic carbocycles. The third kappa shape index (κ3) is 3.53. The zero-order chi connectivity index (χ0) is 13.1. The molecule has 1 heterocycles. The molecule has 0 spiro atoms. The highest BCUT2D eigenvalue weighted by molar-refractivity contribution is 9.11. The largest absolute Gasteiger partial charge is 0.294 e. The lowest BCUT2D eigenvalue weighted by Gasteiger charge is -2.02. The van der Waals surface area contributed by atoms with E-state index in [1.54, 1.807) is 11.3 Å². The molecule has 2 aromatic rings. The van der Waals surface area contributed by atoms with Crippen LogP contribution in [0, 0.1) is 0 Å². The van der Waals surface area contributed by atoms with Crippen molar-refractivity contribution in [1.29, 1.82) is 0 Å². The molecule has 4 heteroatoms. The Bertz CT molecular complexity index is 555. The van der Waals surface area contributed by atoms with Gasteiger partial charge in [-0.15, -0.1) is 11.3 Å². The fraction of sp³-hybridized carbons (Fsp3) is 0.214. The number of rotatable bonds is 4. The van der Waals surface area contributed by atoms with Gasteiger partial charge < -0.3 is 0 Å². The average Bonchev–Trinajstić information content (AvgIpc) is 2.75. The Labute approximate surface area is 127 Å². The minimum absolute atomic E-state index is 0.154. The number of ketones is 1. The minimum Gasteiger partial charge on any atom is -0.294 e. The number of carbonyl (C=O) groups is 1. The monoisotopic (exact) mass is 386 g/mol. The molecule has 2 rings (SSSR count). The number of thiophene rings is 1. The molecule has 18 heavy (non-hydrogen) atoms. The first kappa shape index (κ1) is 14.0. The van der Waals surface area contributed by atoms with Crippen molar-refractivity contribution in [2.45, 2.75) is 19.8 Å². The van der Waals surface area contributed by atoms with Gasteiger partial charge >= 0.3 is 0 Å². The second kappa shape index (κ2) is 6.13. The van der Waals surface area contributed by atoms with Crippen LogP contribution in [0.1, 0.15) is 27.0 Å². The summed E-state index contributed by atoms with van der Waals surface area (Å²) in [6.07, 6.45) is 1.51. The van der Waals surface area contributed by atoms with E-state index in [-0.39, 0.29) is 5.78 Å². The summed E-state index contributed by atoms with van der Waals surface area (Å²) in [5.74, 6) is 0.154. The van der Waals surface area contributed by atoms with Gasteiger partial charge in [-0.2, -0.15) is 0 Å². The quantitative estimate of drug-likeness (QED) is 0.653. The van der Waals surface area contributed by atoms with Gasteiger partial charge in [-0.05, 0) is 36.8 Å². The highest BCUT2D eigenvalue weighted by Gasteiger charge is 2.10. The molecule has 1 aromatic heterocycles. The number of Topliss-reactive ketones (excluding diaryl/α,β-unsaturated/α-hetero) is 1. The van der Waals surface area contributed by atoms with Gasteiger partial charge in [0.25, 0.3) is 0 Å². The van der Waals surface area contributed by atoms with E-state index >= 15 is 0 Å². The zero-order valence-electron chi connectivity index (χ0n) is 9.87. The molecule has 0 aliphatic heterocycles. The predicted molar refractivity (Wildman–Crippen MR) is 83.6 cm³/mol. The van der Waals surface area contributed by atoms with E-state index in [1.807, 2.05) is 18.2 Å². The predicted octanol–water partition coefficient (Wildman–Crippen LogP) is 5.26. The van der Waals surface area contributed by atoms with E-state index in [0.29, 0.717) is 6.42 Å². The molecule has 0 aliphatic rings. The molecule has 0 saturated heterocycles. The van der Waals surface area contributed by atoms with Crippen LogP contribution < -0.4 is 0 Å². The number of benzene rings is 1. The third-order valence-corrected chi connectivity index (χ3v) is 4.73. The third-order valence-electron chi connectivity index (χ3n) is 2.59. The Kier molecular flexibility index (Phi) is 4.76. The highest BCUT2D eigenvalue weighted by Crippen LogP contribution is 2.23. The summed E-state index contributed by atoms with van der Waals surface area (Å²) in [7, 11) is 0. The van der Waals surface area contributed by atoms with E-state index in [2.05, 4.69) is 50.9 Å². The van der Waals surface area contributed by atoms with E-state index in [0.717, 1.165) is 25.8 Å². The first-order valence-electron chi connectivity index (χ1n) is 5.65. The second-order valence-corrected chi connectivity index (χ2v) is 7.06. The topological polar surface area (TPSA) is 17.1 Å².